The zero-order valence-electron chi connectivity index (χ0n) is 13.6. The van der Waals surface area contributed by atoms with Gasteiger partial charge in [0.1, 0.15) is 11.7 Å². The number of anilines is 1. The van der Waals surface area contributed by atoms with Gasteiger partial charge in [-0.3, -0.25) is 0 Å². The second-order valence-corrected chi connectivity index (χ2v) is 7.67. The van der Waals surface area contributed by atoms with Crippen molar-refractivity contribution in [2.24, 2.45) is 11.8 Å². The Morgan fingerprint density at radius 1 is 1.42 bits per heavy atom. The van der Waals surface area contributed by atoms with Crippen molar-refractivity contribution in [2.45, 2.75) is 31.0 Å². The highest BCUT2D eigenvalue weighted by Crippen LogP contribution is 2.54. The van der Waals surface area contributed by atoms with Crippen LogP contribution in [0.25, 0.3) is 0 Å². The number of nitrogen functional groups attached to an aromatic ring is 1. The van der Waals surface area contributed by atoms with Crippen molar-refractivity contribution >= 4 is 33.6 Å². The van der Waals surface area contributed by atoms with Crippen LogP contribution in [0.5, 0.6) is 0 Å². The van der Waals surface area contributed by atoms with Gasteiger partial charge in [0.25, 0.3) is 0 Å². The Kier molecular flexibility index (Phi) is 3.80. The first-order valence-electron chi connectivity index (χ1n) is 7.94. The van der Waals surface area contributed by atoms with Gasteiger partial charge < -0.3 is 30.2 Å². The van der Waals surface area contributed by atoms with E-state index < -0.39 is 47.9 Å². The van der Waals surface area contributed by atoms with Gasteiger partial charge in [0.05, 0.1) is 23.3 Å². The average molecular weight is 426 g/mol. The summed E-state index contributed by atoms with van der Waals surface area (Å²) >= 11 is 3.25. The average Bonchev–Trinajstić information content (AvgIpc) is 2.98. The molecule has 1 saturated carbocycles. The molecular weight excluding hydrogens is 410 g/mol. The van der Waals surface area contributed by atoms with E-state index in [2.05, 4.69) is 15.9 Å². The third-order valence-electron chi connectivity index (χ3n) is 5.22. The number of carbonyl (C=O) groups excluding carboxylic acids is 2. The lowest BCUT2D eigenvalue weighted by molar-refractivity contribution is -0.182. The quantitative estimate of drug-likeness (QED) is 0.466. The van der Waals surface area contributed by atoms with Crippen LogP contribution >= 0.6 is 15.9 Å². The van der Waals surface area contributed by atoms with Gasteiger partial charge in [0.15, 0.2) is 6.10 Å². The molecule has 1 aliphatic carbocycles. The van der Waals surface area contributed by atoms with Gasteiger partial charge in [0.2, 0.25) is 6.29 Å². The number of aliphatic hydroxyl groups is 2. The Morgan fingerprint density at radius 3 is 2.85 bits per heavy atom. The highest BCUT2D eigenvalue weighted by Gasteiger charge is 2.69. The summed E-state index contributed by atoms with van der Waals surface area (Å²) in [4.78, 5) is 24.6. The molecule has 138 valence electrons. The Morgan fingerprint density at radius 2 is 2.15 bits per heavy atom. The molecule has 1 aromatic rings. The molecule has 0 radical (unpaired) electrons. The van der Waals surface area contributed by atoms with Crippen molar-refractivity contribution in [2.75, 3.05) is 5.73 Å². The summed E-state index contributed by atoms with van der Waals surface area (Å²) in [6, 6.07) is 4.58. The summed E-state index contributed by atoms with van der Waals surface area (Å²) in [5, 5.41) is 21.1. The van der Waals surface area contributed by atoms with Crippen LogP contribution in [0.4, 0.5) is 5.69 Å². The molecule has 0 amide bonds. The molecule has 2 fully saturated rings. The highest BCUT2D eigenvalue weighted by atomic mass is 79.9. The van der Waals surface area contributed by atoms with Crippen molar-refractivity contribution in [1.29, 1.82) is 0 Å². The van der Waals surface area contributed by atoms with E-state index in [0.29, 0.717) is 10.2 Å². The fourth-order valence-corrected chi connectivity index (χ4v) is 4.55. The first-order chi connectivity index (χ1) is 12.2. The van der Waals surface area contributed by atoms with E-state index in [4.69, 9.17) is 19.9 Å². The first kappa shape index (κ1) is 17.3. The Balaban J connectivity index is 1.67. The van der Waals surface area contributed by atoms with Gasteiger partial charge >= 0.3 is 11.9 Å². The van der Waals surface area contributed by atoms with Crippen molar-refractivity contribution in [1.82, 2.24) is 0 Å². The van der Waals surface area contributed by atoms with Crippen LogP contribution < -0.4 is 5.73 Å². The number of hydrogen-bond acceptors (Lipinski definition) is 8. The van der Waals surface area contributed by atoms with Crippen molar-refractivity contribution in [3.63, 3.8) is 0 Å². The minimum absolute atomic E-state index is 0.210. The van der Waals surface area contributed by atoms with Crippen LogP contribution in [0, 0.1) is 11.8 Å². The zero-order chi connectivity index (χ0) is 18.8. The summed E-state index contributed by atoms with van der Waals surface area (Å²) in [5.41, 5.74) is 4.90. The van der Waals surface area contributed by atoms with Gasteiger partial charge in [-0.25, -0.2) is 9.59 Å². The van der Waals surface area contributed by atoms with Crippen molar-refractivity contribution in [3.8, 4) is 0 Å². The minimum atomic E-state index is -1.66. The van der Waals surface area contributed by atoms with Crippen LogP contribution in [0.2, 0.25) is 0 Å². The molecule has 26 heavy (non-hydrogen) atoms. The molecule has 9 heteroatoms. The van der Waals surface area contributed by atoms with Crippen LogP contribution in [0.1, 0.15) is 17.3 Å². The molecule has 3 aliphatic rings. The normalized spacial score (nSPS) is 37.5. The van der Waals surface area contributed by atoms with Crippen LogP contribution in [-0.4, -0.2) is 46.3 Å². The zero-order valence-corrected chi connectivity index (χ0v) is 15.2. The summed E-state index contributed by atoms with van der Waals surface area (Å²) in [6.07, 6.45) is -2.27. The standard InChI is InChI=1S/C17H16BrNO7/c1-17(23)11-10-8(5-24-16(11)22)15(21)25-12(10)13(17)26-14(20)7-3-2-6(19)4-9(7)18/h2-5,10-13,16,22-23H,19H2,1H3/t10-,11-,12+,13+,16?,17-/m1/s1. The number of ether oxygens (including phenoxy) is 3. The number of hydrogen-bond donors (Lipinski definition) is 3. The number of carbonyl (C=O) groups is 2. The second kappa shape index (κ2) is 5.70. The van der Waals surface area contributed by atoms with Gasteiger partial charge in [-0.1, -0.05) is 0 Å². The Labute approximate surface area is 156 Å². The minimum Gasteiger partial charge on any atom is -0.472 e. The number of aliphatic hydroxyl groups excluding tert-OH is 1. The van der Waals surface area contributed by atoms with Crippen molar-refractivity contribution < 1.29 is 34.0 Å². The van der Waals surface area contributed by atoms with Crippen molar-refractivity contribution in [3.05, 3.63) is 40.1 Å². The van der Waals surface area contributed by atoms with E-state index in [9.17, 15) is 19.8 Å². The van der Waals surface area contributed by atoms with E-state index >= 15 is 0 Å². The molecule has 8 nitrogen and oxygen atoms in total. The van der Waals surface area contributed by atoms with E-state index in [1.54, 1.807) is 12.1 Å². The second-order valence-electron chi connectivity index (χ2n) is 6.81. The van der Waals surface area contributed by atoms with Crippen LogP contribution in [-0.2, 0) is 19.0 Å². The Bertz CT molecular complexity index is 836. The molecule has 1 unspecified atom stereocenters. The fraction of sp³-hybridized carbons (Fsp3) is 0.412. The summed E-state index contributed by atoms with van der Waals surface area (Å²) in [6.45, 7) is 1.43. The molecule has 0 spiro atoms. The van der Waals surface area contributed by atoms with Gasteiger partial charge in [-0.15, -0.1) is 0 Å². The molecule has 2 heterocycles. The number of benzene rings is 1. The van der Waals surface area contributed by atoms with Gasteiger partial charge in [-0.05, 0) is 41.1 Å². The summed E-state index contributed by atoms with van der Waals surface area (Å²) < 4.78 is 16.3. The molecule has 2 aliphatic heterocycles. The van der Waals surface area contributed by atoms with Crippen LogP contribution in [0.15, 0.2) is 34.5 Å². The molecule has 4 N–H and O–H groups in total. The van der Waals surface area contributed by atoms with E-state index in [1.165, 1.54) is 13.0 Å². The molecular formula is C17H16BrNO7. The summed E-state index contributed by atoms with van der Waals surface area (Å²) in [5.74, 6) is -2.81. The molecule has 0 aromatic heterocycles. The fourth-order valence-electron chi connectivity index (χ4n) is 3.99. The molecule has 0 bridgehead atoms. The SMILES string of the molecule is C[C@]1(O)[C@@H](OC(=O)c2ccc(N)cc2Br)[C@H]2OC(=O)C3=COC(O)[C@H]1[C@@H]32. The smallest absolute Gasteiger partial charge is 0.339 e. The lowest BCUT2D eigenvalue weighted by Crippen LogP contribution is -2.50. The van der Waals surface area contributed by atoms with E-state index in [1.807, 2.05) is 0 Å². The maximum Gasteiger partial charge on any atom is 0.339 e. The molecule has 6 atom stereocenters. The highest BCUT2D eigenvalue weighted by molar-refractivity contribution is 9.10. The topological polar surface area (TPSA) is 128 Å². The maximum atomic E-state index is 12.6. The maximum absolute atomic E-state index is 12.6. The predicted molar refractivity (Wildman–Crippen MR) is 90.4 cm³/mol. The van der Waals surface area contributed by atoms with Gasteiger partial charge in [0, 0.05) is 16.1 Å². The van der Waals surface area contributed by atoms with Gasteiger partial charge in [-0.2, -0.15) is 0 Å². The number of rotatable bonds is 2. The first-order valence-corrected chi connectivity index (χ1v) is 8.74. The molecule has 1 saturated heterocycles. The molecule has 1 aromatic carbocycles. The third-order valence-corrected chi connectivity index (χ3v) is 5.87. The lowest BCUT2D eigenvalue weighted by Gasteiger charge is -2.36. The number of esters is 2. The lowest BCUT2D eigenvalue weighted by atomic mass is 9.81. The predicted octanol–water partition coefficient (Wildman–Crippen LogP) is 0.712. The monoisotopic (exact) mass is 425 g/mol. The number of nitrogens with two attached hydrogens (primary N) is 1. The largest absolute Gasteiger partial charge is 0.472 e. The Hall–Kier alpha value is -2.10. The van der Waals surface area contributed by atoms with E-state index in [0.717, 1.165) is 6.26 Å². The molecule has 4 rings (SSSR count). The van der Waals surface area contributed by atoms with Crippen LogP contribution in [0.3, 0.4) is 0 Å². The third kappa shape index (κ3) is 2.34. The summed E-state index contributed by atoms with van der Waals surface area (Å²) in [7, 11) is 0. The van der Waals surface area contributed by atoms with E-state index in [-0.39, 0.29) is 11.1 Å². The number of halogens is 1.